The lowest BCUT2D eigenvalue weighted by atomic mass is 10.0. The molecule has 1 N–H and O–H groups in total. The van der Waals surface area contributed by atoms with Crippen molar-refractivity contribution in [3.05, 3.63) is 107 Å². The molecule has 4 nitrogen and oxygen atoms in total. The van der Waals surface area contributed by atoms with E-state index >= 15 is 0 Å². The van der Waals surface area contributed by atoms with Gasteiger partial charge in [-0.2, -0.15) is 0 Å². The SMILES string of the molecule is Cc1ccc(S(=O)(=O)NC/C(=C\c2ccc(F)cc2)C(=O)c2ccccc2)cc1. The summed E-state index contributed by atoms with van der Waals surface area (Å²) < 4.78 is 40.9. The number of sulfonamides is 1. The van der Waals surface area contributed by atoms with Gasteiger partial charge in [-0.25, -0.2) is 17.5 Å². The second-order valence-corrected chi connectivity index (χ2v) is 8.32. The molecule has 29 heavy (non-hydrogen) atoms. The molecule has 0 radical (unpaired) electrons. The molecule has 0 aliphatic heterocycles. The van der Waals surface area contributed by atoms with Gasteiger partial charge in [0.05, 0.1) is 4.90 Å². The number of carbonyl (C=O) groups is 1. The summed E-state index contributed by atoms with van der Waals surface area (Å²) in [6.45, 7) is 1.67. The Morgan fingerprint density at radius 3 is 2.17 bits per heavy atom. The lowest BCUT2D eigenvalue weighted by molar-refractivity contribution is 0.103. The zero-order valence-electron chi connectivity index (χ0n) is 15.8. The van der Waals surface area contributed by atoms with Gasteiger partial charge < -0.3 is 0 Å². The van der Waals surface area contributed by atoms with Crippen LogP contribution in [0.5, 0.6) is 0 Å². The molecule has 0 aromatic heterocycles. The molecule has 148 valence electrons. The largest absolute Gasteiger partial charge is 0.289 e. The number of carbonyl (C=O) groups excluding carboxylic acids is 1. The van der Waals surface area contributed by atoms with Crippen molar-refractivity contribution in [3.63, 3.8) is 0 Å². The number of ketones is 1. The Hall–Kier alpha value is -3.09. The van der Waals surface area contributed by atoms with Crippen molar-refractivity contribution < 1.29 is 17.6 Å². The zero-order chi connectivity index (χ0) is 20.9. The molecule has 0 amide bonds. The van der Waals surface area contributed by atoms with Gasteiger partial charge in [0.2, 0.25) is 10.0 Å². The summed E-state index contributed by atoms with van der Waals surface area (Å²) in [5, 5.41) is 0. The quantitative estimate of drug-likeness (QED) is 0.465. The molecular formula is C23H20FNO3S. The Balaban J connectivity index is 1.89. The first-order chi connectivity index (χ1) is 13.8. The molecule has 0 bridgehead atoms. The molecule has 0 aliphatic rings. The molecular weight excluding hydrogens is 389 g/mol. The second-order valence-electron chi connectivity index (χ2n) is 6.55. The monoisotopic (exact) mass is 409 g/mol. The third-order valence-electron chi connectivity index (χ3n) is 4.32. The molecule has 0 heterocycles. The van der Waals surface area contributed by atoms with Gasteiger partial charge in [0.25, 0.3) is 0 Å². The Morgan fingerprint density at radius 2 is 1.55 bits per heavy atom. The molecule has 3 aromatic rings. The van der Waals surface area contributed by atoms with E-state index in [1.165, 1.54) is 36.4 Å². The van der Waals surface area contributed by atoms with Gasteiger partial charge in [-0.3, -0.25) is 4.79 Å². The number of rotatable bonds is 7. The van der Waals surface area contributed by atoms with Gasteiger partial charge in [0, 0.05) is 17.7 Å². The van der Waals surface area contributed by atoms with Crippen molar-refractivity contribution >= 4 is 21.9 Å². The van der Waals surface area contributed by atoms with Gasteiger partial charge in [-0.15, -0.1) is 0 Å². The van der Waals surface area contributed by atoms with E-state index in [-0.39, 0.29) is 22.8 Å². The standard InChI is InChI=1S/C23H20FNO3S/c1-17-7-13-22(14-8-17)29(27,28)25-16-20(15-18-9-11-21(24)12-10-18)23(26)19-5-3-2-4-6-19/h2-15,25H,16H2,1H3/b20-15+. The van der Waals surface area contributed by atoms with Crippen LogP contribution >= 0.6 is 0 Å². The molecule has 3 rings (SSSR count). The first-order valence-electron chi connectivity index (χ1n) is 8.97. The van der Waals surface area contributed by atoms with Crippen LogP contribution in [-0.4, -0.2) is 20.7 Å². The Labute approximate surface area is 169 Å². The van der Waals surface area contributed by atoms with Crippen molar-refractivity contribution in [2.24, 2.45) is 0 Å². The molecule has 0 aliphatic carbocycles. The fourth-order valence-corrected chi connectivity index (χ4v) is 3.71. The van der Waals surface area contributed by atoms with E-state index in [1.807, 2.05) is 6.92 Å². The van der Waals surface area contributed by atoms with E-state index in [0.717, 1.165) is 5.56 Å². The van der Waals surface area contributed by atoms with Gasteiger partial charge in [0.1, 0.15) is 5.82 Å². The molecule has 0 saturated carbocycles. The van der Waals surface area contributed by atoms with Crippen molar-refractivity contribution in [1.82, 2.24) is 4.72 Å². The van der Waals surface area contributed by atoms with E-state index in [2.05, 4.69) is 4.72 Å². The molecule has 0 atom stereocenters. The van der Waals surface area contributed by atoms with Crippen LogP contribution in [0.2, 0.25) is 0 Å². The normalized spacial score (nSPS) is 12.0. The average molecular weight is 409 g/mol. The van der Waals surface area contributed by atoms with Crippen LogP contribution in [0, 0.1) is 12.7 Å². The highest BCUT2D eigenvalue weighted by Gasteiger charge is 2.18. The Bertz CT molecular complexity index is 1120. The fraction of sp³-hybridized carbons (Fsp3) is 0.0870. The predicted molar refractivity (Wildman–Crippen MR) is 112 cm³/mol. The number of aryl methyl sites for hydroxylation is 1. The molecule has 0 unspecified atom stereocenters. The maximum absolute atomic E-state index is 13.2. The number of benzene rings is 3. The molecule has 3 aromatic carbocycles. The number of hydrogen-bond donors (Lipinski definition) is 1. The minimum atomic E-state index is -3.79. The third kappa shape index (κ3) is 5.47. The number of halogens is 1. The van der Waals surface area contributed by atoms with E-state index in [9.17, 15) is 17.6 Å². The summed E-state index contributed by atoms with van der Waals surface area (Å²) in [6.07, 6.45) is 1.56. The Morgan fingerprint density at radius 1 is 0.931 bits per heavy atom. The fourth-order valence-electron chi connectivity index (χ4n) is 2.71. The third-order valence-corrected chi connectivity index (χ3v) is 5.74. The van der Waals surface area contributed by atoms with Crippen LogP contribution in [0.25, 0.3) is 6.08 Å². The highest BCUT2D eigenvalue weighted by Crippen LogP contribution is 2.15. The molecule has 0 spiro atoms. The summed E-state index contributed by atoms with van der Waals surface area (Å²) in [6, 6.07) is 20.7. The van der Waals surface area contributed by atoms with Crippen LogP contribution in [-0.2, 0) is 10.0 Å². The highest BCUT2D eigenvalue weighted by molar-refractivity contribution is 7.89. The van der Waals surface area contributed by atoms with Crippen molar-refractivity contribution in [1.29, 1.82) is 0 Å². The van der Waals surface area contributed by atoms with Crippen LogP contribution in [0.4, 0.5) is 4.39 Å². The molecule has 0 saturated heterocycles. The van der Waals surface area contributed by atoms with E-state index in [4.69, 9.17) is 0 Å². The van der Waals surface area contributed by atoms with Crippen molar-refractivity contribution in [2.75, 3.05) is 6.54 Å². The number of hydrogen-bond acceptors (Lipinski definition) is 3. The predicted octanol–water partition coefficient (Wildman–Crippen LogP) is 4.38. The zero-order valence-corrected chi connectivity index (χ0v) is 16.6. The lowest BCUT2D eigenvalue weighted by Gasteiger charge is -2.11. The van der Waals surface area contributed by atoms with Crippen LogP contribution in [0.15, 0.2) is 89.3 Å². The van der Waals surface area contributed by atoms with Crippen LogP contribution < -0.4 is 4.72 Å². The van der Waals surface area contributed by atoms with Crippen molar-refractivity contribution in [3.8, 4) is 0 Å². The highest BCUT2D eigenvalue weighted by atomic mass is 32.2. The van der Waals surface area contributed by atoms with Crippen LogP contribution in [0.1, 0.15) is 21.5 Å². The second kappa shape index (κ2) is 8.94. The number of nitrogens with one attached hydrogen (secondary N) is 1. The lowest BCUT2D eigenvalue weighted by Crippen LogP contribution is -2.28. The van der Waals surface area contributed by atoms with Crippen molar-refractivity contribution in [2.45, 2.75) is 11.8 Å². The first-order valence-corrected chi connectivity index (χ1v) is 10.5. The first kappa shape index (κ1) is 20.6. The smallest absolute Gasteiger partial charge is 0.240 e. The maximum Gasteiger partial charge on any atom is 0.240 e. The minimum absolute atomic E-state index is 0.122. The Kier molecular flexibility index (Phi) is 6.36. The van der Waals surface area contributed by atoms with Gasteiger partial charge in [-0.05, 0) is 42.8 Å². The van der Waals surface area contributed by atoms with E-state index in [0.29, 0.717) is 11.1 Å². The summed E-state index contributed by atoms with van der Waals surface area (Å²) in [5.74, 6) is -0.695. The summed E-state index contributed by atoms with van der Waals surface area (Å²) in [7, 11) is -3.79. The van der Waals surface area contributed by atoms with E-state index < -0.39 is 15.8 Å². The topological polar surface area (TPSA) is 63.2 Å². The average Bonchev–Trinajstić information content (AvgIpc) is 2.73. The summed E-state index contributed by atoms with van der Waals surface area (Å²) >= 11 is 0. The molecule has 0 fully saturated rings. The summed E-state index contributed by atoms with van der Waals surface area (Å²) in [5.41, 5.74) is 2.23. The van der Waals surface area contributed by atoms with Gasteiger partial charge in [0.15, 0.2) is 5.78 Å². The van der Waals surface area contributed by atoms with E-state index in [1.54, 1.807) is 48.5 Å². The van der Waals surface area contributed by atoms with Crippen LogP contribution in [0.3, 0.4) is 0 Å². The molecule has 6 heteroatoms. The maximum atomic E-state index is 13.2. The number of Topliss-reactive ketones (excluding diaryl/α,β-unsaturated/α-hetero) is 1. The summed E-state index contributed by atoms with van der Waals surface area (Å²) in [4.78, 5) is 13.1. The van der Waals surface area contributed by atoms with Gasteiger partial charge in [-0.1, -0.05) is 60.2 Å². The van der Waals surface area contributed by atoms with Gasteiger partial charge >= 0.3 is 0 Å². The minimum Gasteiger partial charge on any atom is -0.289 e.